The summed E-state index contributed by atoms with van der Waals surface area (Å²) >= 11 is 0. The van der Waals surface area contributed by atoms with Crippen LogP contribution in [0.4, 0.5) is 5.69 Å². The number of amides is 1. The van der Waals surface area contributed by atoms with Crippen molar-refractivity contribution in [1.29, 1.82) is 0 Å². The van der Waals surface area contributed by atoms with Gasteiger partial charge in [-0.3, -0.25) is 4.79 Å². The molecule has 126 valence electrons. The zero-order valence-electron chi connectivity index (χ0n) is 13.7. The minimum absolute atomic E-state index is 0.120. The maximum atomic E-state index is 11.7. The van der Waals surface area contributed by atoms with E-state index in [0.29, 0.717) is 28.0 Å². The van der Waals surface area contributed by atoms with Crippen molar-refractivity contribution in [2.45, 2.75) is 6.92 Å². The SMILES string of the molecule is COc1cccc(-c2cc(C(=O)O)c3cc(NC(C)=O)ccc3n2)c1. The zero-order valence-corrected chi connectivity index (χ0v) is 13.7. The highest BCUT2D eigenvalue weighted by atomic mass is 16.5. The Morgan fingerprint density at radius 3 is 2.60 bits per heavy atom. The number of nitrogens with zero attached hydrogens (tertiary/aromatic N) is 1. The summed E-state index contributed by atoms with van der Waals surface area (Å²) in [5, 5.41) is 12.7. The number of aromatic nitrogens is 1. The number of anilines is 1. The van der Waals surface area contributed by atoms with Crippen LogP contribution >= 0.6 is 0 Å². The second-order valence-electron chi connectivity index (χ2n) is 5.51. The second kappa shape index (κ2) is 6.60. The molecule has 1 aromatic heterocycles. The molecular weight excluding hydrogens is 320 g/mol. The topological polar surface area (TPSA) is 88.5 Å². The number of rotatable bonds is 4. The van der Waals surface area contributed by atoms with Crippen LogP contribution in [0.1, 0.15) is 17.3 Å². The first-order valence-electron chi connectivity index (χ1n) is 7.58. The Kier molecular flexibility index (Phi) is 4.35. The number of carbonyl (C=O) groups is 2. The molecule has 0 saturated carbocycles. The molecular formula is C19H16N2O4. The van der Waals surface area contributed by atoms with E-state index in [1.807, 2.05) is 18.2 Å². The van der Waals surface area contributed by atoms with Crippen molar-refractivity contribution in [2.75, 3.05) is 12.4 Å². The molecule has 0 radical (unpaired) electrons. The van der Waals surface area contributed by atoms with E-state index in [1.165, 1.54) is 13.0 Å². The molecule has 0 unspecified atom stereocenters. The van der Waals surface area contributed by atoms with Crippen molar-refractivity contribution >= 4 is 28.5 Å². The van der Waals surface area contributed by atoms with Crippen LogP contribution in [-0.4, -0.2) is 29.1 Å². The normalized spacial score (nSPS) is 10.5. The number of aromatic carboxylic acids is 1. The molecule has 1 amide bonds. The number of benzene rings is 2. The maximum absolute atomic E-state index is 11.7. The second-order valence-corrected chi connectivity index (χ2v) is 5.51. The summed E-state index contributed by atoms with van der Waals surface area (Å²) < 4.78 is 5.21. The smallest absolute Gasteiger partial charge is 0.336 e. The molecule has 2 N–H and O–H groups in total. The first kappa shape index (κ1) is 16.4. The van der Waals surface area contributed by atoms with Crippen LogP contribution in [0.15, 0.2) is 48.5 Å². The summed E-state index contributed by atoms with van der Waals surface area (Å²) in [7, 11) is 1.57. The number of ether oxygens (including phenoxy) is 1. The Morgan fingerprint density at radius 1 is 1.12 bits per heavy atom. The van der Waals surface area contributed by atoms with E-state index in [-0.39, 0.29) is 11.5 Å². The van der Waals surface area contributed by atoms with Crippen LogP contribution in [0, 0.1) is 0 Å². The van der Waals surface area contributed by atoms with Gasteiger partial charge in [-0.25, -0.2) is 9.78 Å². The zero-order chi connectivity index (χ0) is 18.0. The van der Waals surface area contributed by atoms with Gasteiger partial charge in [0.25, 0.3) is 0 Å². The highest BCUT2D eigenvalue weighted by molar-refractivity contribution is 6.05. The van der Waals surface area contributed by atoms with E-state index in [0.717, 1.165) is 5.56 Å². The predicted octanol–water partition coefficient (Wildman–Crippen LogP) is 3.57. The van der Waals surface area contributed by atoms with Crippen molar-refractivity contribution in [3.8, 4) is 17.0 Å². The van der Waals surface area contributed by atoms with Gasteiger partial charge in [-0.05, 0) is 36.4 Å². The first-order chi connectivity index (χ1) is 12.0. The summed E-state index contributed by atoms with van der Waals surface area (Å²) in [6.07, 6.45) is 0. The van der Waals surface area contributed by atoms with Crippen molar-refractivity contribution < 1.29 is 19.4 Å². The van der Waals surface area contributed by atoms with Crippen LogP contribution in [0.25, 0.3) is 22.2 Å². The lowest BCUT2D eigenvalue weighted by Gasteiger charge is -2.10. The summed E-state index contributed by atoms with van der Waals surface area (Å²) in [6, 6.07) is 13.8. The Balaban J connectivity index is 2.19. The lowest BCUT2D eigenvalue weighted by atomic mass is 10.0. The number of carbonyl (C=O) groups excluding carboxylic acids is 1. The van der Waals surface area contributed by atoms with Crippen LogP contribution in [0.5, 0.6) is 5.75 Å². The maximum Gasteiger partial charge on any atom is 0.336 e. The Labute approximate surface area is 144 Å². The van der Waals surface area contributed by atoms with Crippen molar-refractivity contribution in [3.63, 3.8) is 0 Å². The number of hydrogen-bond donors (Lipinski definition) is 2. The average Bonchev–Trinajstić information content (AvgIpc) is 2.60. The van der Waals surface area contributed by atoms with Gasteiger partial charge in [-0.15, -0.1) is 0 Å². The molecule has 0 fully saturated rings. The Hall–Kier alpha value is -3.41. The number of carboxylic acids is 1. The molecule has 6 nitrogen and oxygen atoms in total. The molecule has 0 saturated heterocycles. The third kappa shape index (κ3) is 3.42. The van der Waals surface area contributed by atoms with Crippen LogP contribution < -0.4 is 10.1 Å². The van der Waals surface area contributed by atoms with Crippen molar-refractivity contribution in [1.82, 2.24) is 4.98 Å². The van der Waals surface area contributed by atoms with E-state index in [9.17, 15) is 14.7 Å². The highest BCUT2D eigenvalue weighted by Gasteiger charge is 2.14. The van der Waals surface area contributed by atoms with Gasteiger partial charge >= 0.3 is 5.97 Å². The van der Waals surface area contributed by atoms with E-state index in [2.05, 4.69) is 10.3 Å². The molecule has 3 rings (SSSR count). The summed E-state index contributed by atoms with van der Waals surface area (Å²) in [4.78, 5) is 27.5. The third-order valence-electron chi connectivity index (χ3n) is 3.72. The molecule has 6 heteroatoms. The monoisotopic (exact) mass is 336 g/mol. The fourth-order valence-electron chi connectivity index (χ4n) is 2.61. The van der Waals surface area contributed by atoms with Gasteiger partial charge in [0.1, 0.15) is 5.75 Å². The lowest BCUT2D eigenvalue weighted by molar-refractivity contribution is -0.114. The van der Waals surface area contributed by atoms with E-state index < -0.39 is 5.97 Å². The fourth-order valence-corrected chi connectivity index (χ4v) is 2.61. The van der Waals surface area contributed by atoms with Gasteiger partial charge in [0, 0.05) is 23.6 Å². The van der Waals surface area contributed by atoms with Crippen molar-refractivity contribution in [2.24, 2.45) is 0 Å². The van der Waals surface area contributed by atoms with Gasteiger partial charge in [0.2, 0.25) is 5.91 Å². The Morgan fingerprint density at radius 2 is 1.92 bits per heavy atom. The summed E-state index contributed by atoms with van der Waals surface area (Å²) in [6.45, 7) is 1.40. The molecule has 0 aliphatic carbocycles. The third-order valence-corrected chi connectivity index (χ3v) is 3.72. The highest BCUT2D eigenvalue weighted by Crippen LogP contribution is 2.28. The molecule has 0 spiro atoms. The minimum Gasteiger partial charge on any atom is -0.497 e. The quantitative estimate of drug-likeness (QED) is 0.760. The molecule has 25 heavy (non-hydrogen) atoms. The standard InChI is InChI=1S/C19H16N2O4/c1-11(22)20-13-6-7-17-15(9-13)16(19(23)24)10-18(21-17)12-4-3-5-14(8-12)25-2/h3-10H,1-2H3,(H,20,22)(H,23,24). The van der Waals surface area contributed by atoms with Crippen LogP contribution in [0.2, 0.25) is 0 Å². The average molecular weight is 336 g/mol. The molecule has 0 bridgehead atoms. The van der Waals surface area contributed by atoms with Gasteiger partial charge in [0.15, 0.2) is 0 Å². The number of pyridine rings is 1. The van der Waals surface area contributed by atoms with Gasteiger partial charge in [0.05, 0.1) is 23.9 Å². The van der Waals surface area contributed by atoms with Crippen LogP contribution in [-0.2, 0) is 4.79 Å². The number of fused-ring (bicyclic) bond motifs is 1. The molecule has 3 aromatic rings. The Bertz CT molecular complexity index is 982. The van der Waals surface area contributed by atoms with Gasteiger partial charge in [-0.2, -0.15) is 0 Å². The number of hydrogen-bond acceptors (Lipinski definition) is 4. The van der Waals surface area contributed by atoms with E-state index >= 15 is 0 Å². The van der Waals surface area contributed by atoms with Gasteiger partial charge in [-0.1, -0.05) is 12.1 Å². The largest absolute Gasteiger partial charge is 0.497 e. The molecule has 1 heterocycles. The lowest BCUT2D eigenvalue weighted by Crippen LogP contribution is -2.06. The van der Waals surface area contributed by atoms with Gasteiger partial charge < -0.3 is 15.2 Å². The molecule has 0 aliphatic rings. The first-order valence-corrected chi connectivity index (χ1v) is 7.58. The molecule has 0 atom stereocenters. The minimum atomic E-state index is -1.06. The van der Waals surface area contributed by atoms with E-state index in [4.69, 9.17) is 4.74 Å². The number of nitrogens with one attached hydrogen (secondary N) is 1. The van der Waals surface area contributed by atoms with E-state index in [1.54, 1.807) is 31.4 Å². The number of methoxy groups -OCH3 is 1. The van der Waals surface area contributed by atoms with Crippen molar-refractivity contribution in [3.05, 3.63) is 54.1 Å². The fraction of sp³-hybridized carbons (Fsp3) is 0.105. The molecule has 0 aliphatic heterocycles. The molecule has 2 aromatic carbocycles. The summed E-state index contributed by atoms with van der Waals surface area (Å²) in [5.41, 5.74) is 2.48. The van der Waals surface area contributed by atoms with Crippen LogP contribution in [0.3, 0.4) is 0 Å². The number of carboxylic acid groups (broad SMARTS) is 1. The summed E-state index contributed by atoms with van der Waals surface area (Å²) in [5.74, 6) is -0.619. The predicted molar refractivity (Wildman–Crippen MR) is 95.0 cm³/mol.